The summed E-state index contributed by atoms with van der Waals surface area (Å²) in [6.07, 6.45) is 0. The summed E-state index contributed by atoms with van der Waals surface area (Å²) >= 11 is 0. The molecule has 16 heavy (non-hydrogen) atoms. The lowest BCUT2D eigenvalue weighted by Crippen LogP contribution is -2.32. The summed E-state index contributed by atoms with van der Waals surface area (Å²) in [7, 11) is 1.55. The fourth-order valence-corrected chi connectivity index (χ4v) is 1.14. The van der Waals surface area contributed by atoms with E-state index < -0.39 is 6.04 Å². The third-order valence-electron chi connectivity index (χ3n) is 2.03. The Hall–Kier alpha value is -1.88. The second-order valence-electron chi connectivity index (χ2n) is 3.44. The third-order valence-corrected chi connectivity index (χ3v) is 2.03. The lowest BCUT2D eigenvalue weighted by Gasteiger charge is -2.08. The Morgan fingerprint density at radius 2 is 2.06 bits per heavy atom. The number of amides is 2. The molecule has 0 saturated heterocycles. The van der Waals surface area contributed by atoms with E-state index >= 15 is 0 Å². The number of rotatable bonds is 3. The Morgan fingerprint density at radius 1 is 1.38 bits per heavy atom. The highest BCUT2D eigenvalue weighted by molar-refractivity contribution is 5.98. The molecule has 0 saturated carbocycles. The standard InChI is InChI=1S/C11H15N3O2/c1-7(12)10(15)14-9-5-3-4-8(6-9)11(16)13-2/h3-7H,12H2,1-2H3,(H,13,16)(H,14,15). The van der Waals surface area contributed by atoms with Crippen molar-refractivity contribution >= 4 is 17.5 Å². The molecule has 5 nitrogen and oxygen atoms in total. The number of nitrogens with one attached hydrogen (secondary N) is 2. The van der Waals surface area contributed by atoms with E-state index in [2.05, 4.69) is 10.6 Å². The quantitative estimate of drug-likeness (QED) is 0.687. The molecule has 1 atom stereocenters. The highest BCUT2D eigenvalue weighted by Crippen LogP contribution is 2.10. The van der Waals surface area contributed by atoms with E-state index in [0.717, 1.165) is 0 Å². The SMILES string of the molecule is CNC(=O)c1cccc(NC(=O)C(C)N)c1. The highest BCUT2D eigenvalue weighted by atomic mass is 16.2. The summed E-state index contributed by atoms with van der Waals surface area (Å²) < 4.78 is 0. The number of carbonyl (C=O) groups is 2. The van der Waals surface area contributed by atoms with Gasteiger partial charge in [0.25, 0.3) is 5.91 Å². The molecule has 0 radical (unpaired) electrons. The van der Waals surface area contributed by atoms with Gasteiger partial charge >= 0.3 is 0 Å². The average Bonchev–Trinajstić information content (AvgIpc) is 2.28. The van der Waals surface area contributed by atoms with Gasteiger partial charge in [0.2, 0.25) is 5.91 Å². The van der Waals surface area contributed by atoms with Gasteiger partial charge in [-0.2, -0.15) is 0 Å². The van der Waals surface area contributed by atoms with E-state index in [1.54, 1.807) is 38.2 Å². The van der Waals surface area contributed by atoms with Crippen molar-refractivity contribution in [3.05, 3.63) is 29.8 Å². The van der Waals surface area contributed by atoms with Crippen LogP contribution in [0, 0.1) is 0 Å². The molecule has 4 N–H and O–H groups in total. The summed E-state index contributed by atoms with van der Waals surface area (Å²) in [6.45, 7) is 1.60. The second-order valence-corrected chi connectivity index (χ2v) is 3.44. The van der Waals surface area contributed by atoms with Gasteiger partial charge in [-0.15, -0.1) is 0 Å². The number of nitrogens with two attached hydrogens (primary N) is 1. The summed E-state index contributed by atoms with van der Waals surface area (Å²) in [5, 5.41) is 5.13. The fraction of sp³-hybridized carbons (Fsp3) is 0.273. The molecular formula is C11H15N3O2. The monoisotopic (exact) mass is 221 g/mol. The first kappa shape index (κ1) is 12.2. The molecular weight excluding hydrogens is 206 g/mol. The predicted octanol–water partition coefficient (Wildman–Crippen LogP) is 0.332. The van der Waals surface area contributed by atoms with Gasteiger partial charge in [0.15, 0.2) is 0 Å². The van der Waals surface area contributed by atoms with Crippen molar-refractivity contribution < 1.29 is 9.59 Å². The topological polar surface area (TPSA) is 84.2 Å². The summed E-state index contributed by atoms with van der Waals surface area (Å²) in [5.41, 5.74) is 6.47. The largest absolute Gasteiger partial charge is 0.355 e. The van der Waals surface area contributed by atoms with Gasteiger partial charge in [0.1, 0.15) is 0 Å². The first-order chi connectivity index (χ1) is 7.54. The molecule has 1 unspecified atom stereocenters. The molecule has 0 aliphatic rings. The van der Waals surface area contributed by atoms with Gasteiger partial charge in [-0.25, -0.2) is 0 Å². The number of hydrogen-bond acceptors (Lipinski definition) is 3. The van der Waals surface area contributed by atoms with E-state index in [-0.39, 0.29) is 11.8 Å². The van der Waals surface area contributed by atoms with Crippen molar-refractivity contribution in [2.45, 2.75) is 13.0 Å². The molecule has 0 aliphatic carbocycles. The van der Waals surface area contributed by atoms with Gasteiger partial charge in [-0.3, -0.25) is 9.59 Å². The Morgan fingerprint density at radius 3 is 2.62 bits per heavy atom. The Labute approximate surface area is 94.0 Å². The van der Waals surface area contributed by atoms with Crippen LogP contribution in [0.2, 0.25) is 0 Å². The van der Waals surface area contributed by atoms with Crippen LogP contribution in [-0.4, -0.2) is 24.9 Å². The molecule has 0 aromatic heterocycles. The predicted molar refractivity (Wildman–Crippen MR) is 62.1 cm³/mol. The fourth-order valence-electron chi connectivity index (χ4n) is 1.14. The zero-order valence-corrected chi connectivity index (χ0v) is 9.28. The van der Waals surface area contributed by atoms with Crippen molar-refractivity contribution in [1.82, 2.24) is 5.32 Å². The molecule has 86 valence electrons. The smallest absolute Gasteiger partial charge is 0.251 e. The third kappa shape index (κ3) is 3.06. The molecule has 0 aliphatic heterocycles. The van der Waals surface area contributed by atoms with Gasteiger partial charge in [-0.05, 0) is 25.1 Å². The van der Waals surface area contributed by atoms with Crippen LogP contribution in [0.15, 0.2) is 24.3 Å². The summed E-state index contributed by atoms with van der Waals surface area (Å²) in [6, 6.07) is 6.08. The number of carbonyl (C=O) groups excluding carboxylic acids is 2. The molecule has 1 rings (SSSR count). The Bertz CT molecular complexity index is 402. The zero-order valence-electron chi connectivity index (χ0n) is 9.28. The highest BCUT2D eigenvalue weighted by Gasteiger charge is 2.09. The van der Waals surface area contributed by atoms with Crippen molar-refractivity contribution in [3.8, 4) is 0 Å². The van der Waals surface area contributed by atoms with Crippen LogP contribution in [0.4, 0.5) is 5.69 Å². The van der Waals surface area contributed by atoms with Gasteiger partial charge in [0, 0.05) is 18.3 Å². The lowest BCUT2D eigenvalue weighted by molar-refractivity contribution is -0.117. The average molecular weight is 221 g/mol. The van der Waals surface area contributed by atoms with Gasteiger partial charge in [0.05, 0.1) is 6.04 Å². The minimum absolute atomic E-state index is 0.197. The molecule has 0 spiro atoms. The number of benzene rings is 1. The van der Waals surface area contributed by atoms with Gasteiger partial charge in [-0.1, -0.05) is 6.07 Å². The van der Waals surface area contributed by atoms with E-state index in [0.29, 0.717) is 11.3 Å². The van der Waals surface area contributed by atoms with Crippen LogP contribution in [-0.2, 0) is 4.79 Å². The molecule has 0 fully saturated rings. The maximum absolute atomic E-state index is 11.3. The van der Waals surface area contributed by atoms with E-state index in [1.165, 1.54) is 0 Å². The van der Waals surface area contributed by atoms with Crippen LogP contribution in [0.25, 0.3) is 0 Å². The minimum Gasteiger partial charge on any atom is -0.355 e. The minimum atomic E-state index is -0.580. The molecule has 2 amide bonds. The summed E-state index contributed by atoms with van der Waals surface area (Å²) in [4.78, 5) is 22.7. The first-order valence-corrected chi connectivity index (χ1v) is 4.93. The van der Waals surface area contributed by atoms with Crippen LogP contribution < -0.4 is 16.4 Å². The lowest BCUT2D eigenvalue weighted by atomic mass is 10.2. The van der Waals surface area contributed by atoms with Gasteiger partial charge < -0.3 is 16.4 Å². The molecule has 0 bridgehead atoms. The van der Waals surface area contributed by atoms with Crippen molar-refractivity contribution in [1.29, 1.82) is 0 Å². The maximum Gasteiger partial charge on any atom is 0.251 e. The first-order valence-electron chi connectivity index (χ1n) is 4.93. The zero-order chi connectivity index (χ0) is 12.1. The Kier molecular flexibility index (Phi) is 4.02. The van der Waals surface area contributed by atoms with Crippen LogP contribution in [0.5, 0.6) is 0 Å². The van der Waals surface area contributed by atoms with Crippen LogP contribution >= 0.6 is 0 Å². The molecule has 5 heteroatoms. The molecule has 1 aromatic rings. The maximum atomic E-state index is 11.3. The Balaban J connectivity index is 2.83. The summed E-state index contributed by atoms with van der Waals surface area (Å²) in [5.74, 6) is -0.481. The second kappa shape index (κ2) is 5.27. The number of anilines is 1. The molecule has 0 heterocycles. The van der Waals surface area contributed by atoms with Crippen molar-refractivity contribution in [2.75, 3.05) is 12.4 Å². The van der Waals surface area contributed by atoms with Crippen molar-refractivity contribution in [2.24, 2.45) is 5.73 Å². The van der Waals surface area contributed by atoms with E-state index in [1.807, 2.05) is 0 Å². The van der Waals surface area contributed by atoms with Crippen LogP contribution in [0.3, 0.4) is 0 Å². The van der Waals surface area contributed by atoms with E-state index in [4.69, 9.17) is 5.73 Å². The van der Waals surface area contributed by atoms with Crippen LogP contribution in [0.1, 0.15) is 17.3 Å². The normalized spacial score (nSPS) is 11.7. The molecule has 1 aromatic carbocycles. The van der Waals surface area contributed by atoms with E-state index in [9.17, 15) is 9.59 Å². The number of hydrogen-bond donors (Lipinski definition) is 3. The van der Waals surface area contributed by atoms with Crippen molar-refractivity contribution in [3.63, 3.8) is 0 Å².